The number of nitrogens with zero attached hydrogens (tertiary/aromatic N) is 1. The van der Waals surface area contributed by atoms with Gasteiger partial charge in [-0.05, 0) is 37.8 Å². The number of carbonyl (C=O) groups is 1. The van der Waals surface area contributed by atoms with Gasteiger partial charge in [0.1, 0.15) is 6.61 Å². The summed E-state index contributed by atoms with van der Waals surface area (Å²) in [5, 5.41) is 0. The number of benzene rings is 1. The third kappa shape index (κ3) is 4.33. The number of hydrogen-bond acceptors (Lipinski definition) is 4. The average molecular weight is 355 g/mol. The first kappa shape index (κ1) is 18.9. The number of fused-ring (bicyclic) bond motifs is 1. The fourth-order valence-corrected chi connectivity index (χ4v) is 3.46. The topological polar surface area (TPSA) is 64.8 Å². The maximum Gasteiger partial charge on any atom is 0.225 e. The van der Waals surface area contributed by atoms with Crippen LogP contribution in [-0.2, 0) is 4.79 Å². The summed E-state index contributed by atoms with van der Waals surface area (Å²) in [5.41, 5.74) is 5.96. The molecule has 24 heavy (non-hydrogen) atoms. The van der Waals surface area contributed by atoms with Crippen molar-refractivity contribution in [2.24, 2.45) is 11.7 Å². The fourth-order valence-electron chi connectivity index (χ4n) is 3.46. The first-order valence-electron chi connectivity index (χ1n) is 8.60. The molecule has 0 spiro atoms. The predicted octanol–water partition coefficient (Wildman–Crippen LogP) is 2.61. The van der Waals surface area contributed by atoms with E-state index in [1.54, 1.807) is 0 Å². The molecule has 2 aliphatic rings. The van der Waals surface area contributed by atoms with Gasteiger partial charge in [-0.2, -0.15) is 0 Å². The molecule has 0 radical (unpaired) electrons. The van der Waals surface area contributed by atoms with Gasteiger partial charge in [0.05, 0.1) is 6.54 Å². The summed E-state index contributed by atoms with van der Waals surface area (Å²) in [5.74, 6) is 1.84. The molecule has 1 amide bonds. The number of para-hydroxylation sites is 2. The zero-order valence-corrected chi connectivity index (χ0v) is 15.0. The van der Waals surface area contributed by atoms with Crippen molar-refractivity contribution in [1.82, 2.24) is 4.90 Å². The largest absolute Gasteiger partial charge is 0.486 e. The molecular weight excluding hydrogens is 328 g/mol. The van der Waals surface area contributed by atoms with E-state index < -0.39 is 0 Å². The van der Waals surface area contributed by atoms with Crippen LogP contribution in [0.5, 0.6) is 11.5 Å². The molecule has 1 fully saturated rings. The summed E-state index contributed by atoms with van der Waals surface area (Å²) in [7, 11) is 0. The van der Waals surface area contributed by atoms with Crippen molar-refractivity contribution in [3.05, 3.63) is 24.3 Å². The lowest BCUT2D eigenvalue weighted by atomic mass is 10.1. The average Bonchev–Trinajstić information content (AvgIpc) is 3.00. The van der Waals surface area contributed by atoms with Gasteiger partial charge in [-0.1, -0.05) is 19.1 Å². The molecule has 6 heteroatoms. The van der Waals surface area contributed by atoms with Crippen LogP contribution in [0.1, 0.15) is 32.6 Å². The molecule has 2 N–H and O–H groups in total. The lowest BCUT2D eigenvalue weighted by Crippen LogP contribution is -2.45. The lowest BCUT2D eigenvalue weighted by Gasteiger charge is -2.32. The molecule has 3 unspecified atom stereocenters. The van der Waals surface area contributed by atoms with Gasteiger partial charge in [0.25, 0.3) is 0 Å². The molecule has 0 bridgehead atoms. The van der Waals surface area contributed by atoms with E-state index in [0.717, 1.165) is 43.7 Å². The Morgan fingerprint density at radius 1 is 1.29 bits per heavy atom. The molecule has 0 saturated heterocycles. The molecule has 0 aromatic heterocycles. The maximum absolute atomic E-state index is 12.8. The second-order valence-corrected chi connectivity index (χ2v) is 6.55. The van der Waals surface area contributed by atoms with Crippen LogP contribution >= 0.6 is 12.4 Å². The lowest BCUT2D eigenvalue weighted by molar-refractivity contribution is -0.137. The van der Waals surface area contributed by atoms with E-state index in [-0.39, 0.29) is 36.4 Å². The minimum absolute atomic E-state index is 0. The molecule has 1 saturated carbocycles. The first-order chi connectivity index (χ1) is 11.2. The SMILES string of the molecule is CCCN(CC1COc2ccccc2O1)C(=O)C1CCC(N)C1.Cl. The molecule has 5 nitrogen and oxygen atoms in total. The molecule has 134 valence electrons. The van der Waals surface area contributed by atoms with Gasteiger partial charge in [-0.25, -0.2) is 0 Å². The molecule has 1 aliphatic carbocycles. The van der Waals surface area contributed by atoms with Crippen LogP contribution in [0.3, 0.4) is 0 Å². The molecular formula is C18H27ClN2O3. The number of carbonyl (C=O) groups excluding carboxylic acids is 1. The molecule has 1 aliphatic heterocycles. The van der Waals surface area contributed by atoms with Gasteiger partial charge in [0.2, 0.25) is 5.91 Å². The van der Waals surface area contributed by atoms with Crippen LogP contribution in [0.4, 0.5) is 0 Å². The van der Waals surface area contributed by atoms with E-state index in [1.165, 1.54) is 0 Å². The predicted molar refractivity (Wildman–Crippen MR) is 95.8 cm³/mol. The van der Waals surface area contributed by atoms with Crippen LogP contribution in [0, 0.1) is 5.92 Å². The molecule has 3 rings (SSSR count). The van der Waals surface area contributed by atoms with Crippen molar-refractivity contribution in [3.8, 4) is 11.5 Å². The molecule has 1 aromatic rings. The summed E-state index contributed by atoms with van der Waals surface area (Å²) in [4.78, 5) is 14.7. The van der Waals surface area contributed by atoms with Gasteiger partial charge < -0.3 is 20.1 Å². The van der Waals surface area contributed by atoms with Crippen molar-refractivity contribution in [3.63, 3.8) is 0 Å². The van der Waals surface area contributed by atoms with Crippen molar-refractivity contribution < 1.29 is 14.3 Å². The Bertz CT molecular complexity index is 555. The van der Waals surface area contributed by atoms with Gasteiger partial charge in [-0.15, -0.1) is 12.4 Å². The summed E-state index contributed by atoms with van der Waals surface area (Å²) < 4.78 is 11.8. The highest BCUT2D eigenvalue weighted by Crippen LogP contribution is 2.31. The molecule has 1 heterocycles. The van der Waals surface area contributed by atoms with Crippen LogP contribution in [0.25, 0.3) is 0 Å². The standard InChI is InChI=1S/C18H26N2O3.ClH/c1-2-9-20(18(21)13-7-8-14(19)10-13)11-15-12-22-16-5-3-4-6-17(16)23-15;/h3-6,13-15H,2,7-12,19H2,1H3;1H. The minimum Gasteiger partial charge on any atom is -0.486 e. The summed E-state index contributed by atoms with van der Waals surface area (Å²) in [6.07, 6.45) is 3.49. The Labute approximate surface area is 149 Å². The molecule has 1 aromatic carbocycles. The van der Waals surface area contributed by atoms with E-state index >= 15 is 0 Å². The van der Waals surface area contributed by atoms with Gasteiger partial charge in [0.15, 0.2) is 17.6 Å². The Kier molecular flexibility index (Phi) is 6.75. The zero-order valence-electron chi connectivity index (χ0n) is 14.1. The summed E-state index contributed by atoms with van der Waals surface area (Å²) >= 11 is 0. The number of nitrogens with two attached hydrogens (primary N) is 1. The van der Waals surface area contributed by atoms with E-state index in [4.69, 9.17) is 15.2 Å². The normalized spacial score (nSPS) is 25.0. The number of hydrogen-bond donors (Lipinski definition) is 1. The number of rotatable bonds is 5. The van der Waals surface area contributed by atoms with E-state index in [9.17, 15) is 4.79 Å². The zero-order chi connectivity index (χ0) is 16.2. The Morgan fingerprint density at radius 3 is 2.71 bits per heavy atom. The van der Waals surface area contributed by atoms with Crippen LogP contribution in [0.15, 0.2) is 24.3 Å². The summed E-state index contributed by atoms with van der Waals surface area (Å²) in [6, 6.07) is 7.84. The van der Waals surface area contributed by atoms with E-state index in [2.05, 4.69) is 6.92 Å². The van der Waals surface area contributed by atoms with E-state index in [0.29, 0.717) is 13.2 Å². The number of ether oxygens (including phenoxy) is 2. The van der Waals surface area contributed by atoms with Gasteiger partial charge in [0, 0.05) is 18.5 Å². The fraction of sp³-hybridized carbons (Fsp3) is 0.611. The minimum atomic E-state index is -0.115. The third-order valence-corrected chi connectivity index (χ3v) is 4.62. The van der Waals surface area contributed by atoms with Crippen LogP contribution in [0.2, 0.25) is 0 Å². The number of halogens is 1. The quantitative estimate of drug-likeness (QED) is 0.882. The Balaban J connectivity index is 0.00000208. The van der Waals surface area contributed by atoms with Crippen LogP contribution in [-0.4, -0.2) is 42.6 Å². The first-order valence-corrected chi connectivity index (χ1v) is 8.60. The van der Waals surface area contributed by atoms with Gasteiger partial charge >= 0.3 is 0 Å². The smallest absolute Gasteiger partial charge is 0.225 e. The highest BCUT2D eigenvalue weighted by molar-refractivity contribution is 5.85. The van der Waals surface area contributed by atoms with Crippen molar-refractivity contribution in [2.75, 3.05) is 19.7 Å². The van der Waals surface area contributed by atoms with Crippen molar-refractivity contribution in [2.45, 2.75) is 44.8 Å². The third-order valence-electron chi connectivity index (χ3n) is 4.62. The second kappa shape index (κ2) is 8.58. The van der Waals surface area contributed by atoms with E-state index in [1.807, 2.05) is 29.2 Å². The maximum atomic E-state index is 12.8. The Morgan fingerprint density at radius 2 is 2.04 bits per heavy atom. The molecule has 3 atom stereocenters. The monoisotopic (exact) mass is 354 g/mol. The highest BCUT2D eigenvalue weighted by atomic mass is 35.5. The van der Waals surface area contributed by atoms with Crippen molar-refractivity contribution in [1.29, 1.82) is 0 Å². The van der Waals surface area contributed by atoms with Crippen molar-refractivity contribution >= 4 is 18.3 Å². The highest BCUT2D eigenvalue weighted by Gasteiger charge is 2.33. The second-order valence-electron chi connectivity index (χ2n) is 6.55. The van der Waals surface area contributed by atoms with Crippen LogP contribution < -0.4 is 15.2 Å². The summed E-state index contributed by atoms with van der Waals surface area (Å²) in [6.45, 7) is 3.90. The Hall–Kier alpha value is -1.46. The van der Waals surface area contributed by atoms with Gasteiger partial charge in [-0.3, -0.25) is 4.79 Å². The number of amides is 1.